The van der Waals surface area contributed by atoms with E-state index in [1.165, 1.54) is 5.56 Å². The van der Waals surface area contributed by atoms with E-state index < -0.39 is 12.0 Å². The van der Waals surface area contributed by atoms with E-state index in [0.29, 0.717) is 19.1 Å². The molecule has 4 nitrogen and oxygen atoms in total. The first-order chi connectivity index (χ1) is 9.86. The van der Waals surface area contributed by atoms with Gasteiger partial charge in [0, 0.05) is 12.5 Å². The second kappa shape index (κ2) is 6.48. The number of carboxylic acid groups (broad SMARTS) is 1. The van der Waals surface area contributed by atoms with Crippen molar-refractivity contribution < 1.29 is 14.6 Å². The summed E-state index contributed by atoms with van der Waals surface area (Å²) in [4.78, 5) is 11.2. The van der Waals surface area contributed by atoms with Crippen molar-refractivity contribution >= 4 is 5.97 Å². The predicted octanol–water partition coefficient (Wildman–Crippen LogP) is 2.96. The van der Waals surface area contributed by atoms with Gasteiger partial charge in [-0.15, -0.1) is 0 Å². The lowest BCUT2D eigenvalue weighted by Gasteiger charge is -2.20. The summed E-state index contributed by atoms with van der Waals surface area (Å²) in [5, 5.41) is 12.3. The molecule has 0 aromatic heterocycles. The Kier molecular flexibility index (Phi) is 4.88. The van der Waals surface area contributed by atoms with Gasteiger partial charge >= 0.3 is 5.97 Å². The zero-order chi connectivity index (χ0) is 15.5. The Balaban J connectivity index is 1.85. The summed E-state index contributed by atoms with van der Waals surface area (Å²) in [5.41, 5.74) is 1.29. The lowest BCUT2D eigenvalue weighted by Crippen LogP contribution is -2.39. The molecule has 4 heteroatoms. The van der Waals surface area contributed by atoms with Crippen LogP contribution in [-0.2, 0) is 10.2 Å². The van der Waals surface area contributed by atoms with Gasteiger partial charge < -0.3 is 15.2 Å². The Labute approximate surface area is 126 Å². The Bertz CT molecular complexity index is 489. The standard InChI is InChI=1S/C17H25NO3/c1-17(2,3)12-5-4-6-14(11-12)21-10-9-15(16(19)20)18-13-7-8-13/h4-6,11,13,15,18H,7-10H2,1-3H3,(H,19,20). The minimum atomic E-state index is -0.797. The van der Waals surface area contributed by atoms with Crippen molar-refractivity contribution in [3.63, 3.8) is 0 Å². The number of carbonyl (C=O) groups is 1. The molecule has 1 unspecified atom stereocenters. The molecule has 1 aliphatic carbocycles. The van der Waals surface area contributed by atoms with Crippen molar-refractivity contribution in [1.29, 1.82) is 0 Å². The third kappa shape index (κ3) is 5.05. The molecule has 0 bridgehead atoms. The van der Waals surface area contributed by atoms with Crippen LogP contribution in [0.2, 0.25) is 0 Å². The smallest absolute Gasteiger partial charge is 0.320 e. The largest absolute Gasteiger partial charge is 0.494 e. The summed E-state index contributed by atoms with van der Waals surface area (Å²) in [6.45, 7) is 6.88. The number of hydrogen-bond acceptors (Lipinski definition) is 3. The van der Waals surface area contributed by atoms with Crippen molar-refractivity contribution in [2.45, 2.75) is 57.5 Å². The summed E-state index contributed by atoms with van der Waals surface area (Å²) in [6.07, 6.45) is 2.64. The van der Waals surface area contributed by atoms with Gasteiger partial charge in [0.15, 0.2) is 0 Å². The van der Waals surface area contributed by atoms with Crippen molar-refractivity contribution in [3.05, 3.63) is 29.8 Å². The van der Waals surface area contributed by atoms with E-state index in [0.717, 1.165) is 18.6 Å². The van der Waals surface area contributed by atoms with Crippen LogP contribution in [0, 0.1) is 0 Å². The summed E-state index contributed by atoms with van der Waals surface area (Å²) in [6, 6.07) is 7.89. The lowest BCUT2D eigenvalue weighted by molar-refractivity contribution is -0.139. The highest BCUT2D eigenvalue weighted by Crippen LogP contribution is 2.25. The first kappa shape index (κ1) is 15.8. The minimum Gasteiger partial charge on any atom is -0.494 e. The SMILES string of the molecule is CC(C)(C)c1cccc(OCCC(NC2CC2)C(=O)O)c1. The summed E-state index contributed by atoms with van der Waals surface area (Å²) >= 11 is 0. The number of nitrogens with one attached hydrogen (secondary N) is 1. The lowest BCUT2D eigenvalue weighted by atomic mass is 9.87. The van der Waals surface area contributed by atoms with Gasteiger partial charge in [0.05, 0.1) is 6.61 Å². The fraction of sp³-hybridized carbons (Fsp3) is 0.588. The number of rotatable bonds is 7. The van der Waals surface area contributed by atoms with Gasteiger partial charge in [0.2, 0.25) is 0 Å². The third-order valence-corrected chi connectivity index (χ3v) is 3.69. The number of carboxylic acids is 1. The Morgan fingerprint density at radius 2 is 2.14 bits per heavy atom. The van der Waals surface area contributed by atoms with Crippen molar-refractivity contribution in [2.24, 2.45) is 0 Å². The molecule has 1 aromatic rings. The average Bonchev–Trinajstić information content (AvgIpc) is 3.21. The van der Waals surface area contributed by atoms with Gasteiger partial charge in [0.25, 0.3) is 0 Å². The zero-order valence-electron chi connectivity index (χ0n) is 13.1. The molecule has 0 saturated heterocycles. The van der Waals surface area contributed by atoms with Crippen LogP contribution in [0.25, 0.3) is 0 Å². The maximum Gasteiger partial charge on any atom is 0.320 e. The number of hydrogen-bond donors (Lipinski definition) is 2. The van der Waals surface area contributed by atoms with E-state index in [9.17, 15) is 9.90 Å². The molecule has 1 saturated carbocycles. The number of benzene rings is 1. The third-order valence-electron chi connectivity index (χ3n) is 3.69. The molecule has 0 spiro atoms. The maximum absolute atomic E-state index is 11.2. The zero-order valence-corrected chi connectivity index (χ0v) is 13.1. The van der Waals surface area contributed by atoms with Crippen LogP contribution in [0.4, 0.5) is 0 Å². The molecule has 2 rings (SSSR count). The van der Waals surface area contributed by atoms with Crippen molar-refractivity contribution in [2.75, 3.05) is 6.61 Å². The topological polar surface area (TPSA) is 58.6 Å². The van der Waals surface area contributed by atoms with Crippen LogP contribution in [0.15, 0.2) is 24.3 Å². The molecule has 2 N–H and O–H groups in total. The first-order valence-electron chi connectivity index (χ1n) is 7.58. The van der Waals surface area contributed by atoms with Crippen LogP contribution in [0.3, 0.4) is 0 Å². The Morgan fingerprint density at radius 3 is 2.71 bits per heavy atom. The van der Waals surface area contributed by atoms with Crippen LogP contribution >= 0.6 is 0 Å². The monoisotopic (exact) mass is 291 g/mol. The van der Waals surface area contributed by atoms with E-state index in [1.807, 2.05) is 18.2 Å². The number of ether oxygens (including phenoxy) is 1. The van der Waals surface area contributed by atoms with Gasteiger partial charge in [-0.3, -0.25) is 4.79 Å². The molecule has 0 radical (unpaired) electrons. The van der Waals surface area contributed by atoms with Crippen LogP contribution in [0.1, 0.15) is 45.6 Å². The summed E-state index contributed by atoms with van der Waals surface area (Å²) in [7, 11) is 0. The Hall–Kier alpha value is -1.55. The molecule has 0 heterocycles. The van der Waals surface area contributed by atoms with Crippen molar-refractivity contribution in [1.82, 2.24) is 5.32 Å². The molecule has 1 atom stereocenters. The molecule has 0 aliphatic heterocycles. The first-order valence-corrected chi connectivity index (χ1v) is 7.58. The molecular formula is C17H25NO3. The summed E-state index contributed by atoms with van der Waals surface area (Å²) < 4.78 is 5.72. The van der Waals surface area contributed by atoms with Crippen LogP contribution in [0.5, 0.6) is 5.75 Å². The van der Waals surface area contributed by atoms with E-state index >= 15 is 0 Å². The highest BCUT2D eigenvalue weighted by atomic mass is 16.5. The van der Waals surface area contributed by atoms with E-state index in [1.54, 1.807) is 0 Å². The van der Waals surface area contributed by atoms with Gasteiger partial charge in [-0.2, -0.15) is 0 Å². The highest BCUT2D eigenvalue weighted by molar-refractivity contribution is 5.73. The maximum atomic E-state index is 11.2. The van der Waals surface area contributed by atoms with E-state index in [-0.39, 0.29) is 5.41 Å². The van der Waals surface area contributed by atoms with E-state index in [4.69, 9.17) is 4.74 Å². The molecule has 1 aromatic carbocycles. The average molecular weight is 291 g/mol. The second-order valence-electron chi connectivity index (χ2n) is 6.75. The minimum absolute atomic E-state index is 0.0799. The van der Waals surface area contributed by atoms with Crippen LogP contribution in [-0.4, -0.2) is 29.8 Å². The molecular weight excluding hydrogens is 266 g/mol. The number of aliphatic carboxylic acids is 1. The normalized spacial score (nSPS) is 16.5. The predicted molar refractivity (Wildman–Crippen MR) is 82.8 cm³/mol. The molecule has 1 aliphatic rings. The second-order valence-corrected chi connectivity index (χ2v) is 6.75. The van der Waals surface area contributed by atoms with Gasteiger partial charge in [-0.05, 0) is 36.0 Å². The van der Waals surface area contributed by atoms with Crippen LogP contribution < -0.4 is 10.1 Å². The van der Waals surface area contributed by atoms with Crippen molar-refractivity contribution in [3.8, 4) is 5.75 Å². The fourth-order valence-electron chi connectivity index (χ4n) is 2.16. The van der Waals surface area contributed by atoms with Gasteiger partial charge in [0.1, 0.15) is 11.8 Å². The fourth-order valence-corrected chi connectivity index (χ4v) is 2.16. The quantitative estimate of drug-likeness (QED) is 0.811. The molecule has 116 valence electrons. The Morgan fingerprint density at radius 1 is 1.43 bits per heavy atom. The van der Waals surface area contributed by atoms with Gasteiger partial charge in [-0.1, -0.05) is 32.9 Å². The highest BCUT2D eigenvalue weighted by Gasteiger charge is 2.28. The molecule has 0 amide bonds. The molecule has 1 fully saturated rings. The molecule has 21 heavy (non-hydrogen) atoms. The van der Waals surface area contributed by atoms with E-state index in [2.05, 4.69) is 32.2 Å². The summed E-state index contributed by atoms with van der Waals surface area (Å²) in [5.74, 6) is 0.00641. The van der Waals surface area contributed by atoms with Gasteiger partial charge in [-0.25, -0.2) is 0 Å².